The molecule has 0 spiro atoms. The summed E-state index contributed by atoms with van der Waals surface area (Å²) in [6.07, 6.45) is 1.61. The monoisotopic (exact) mass is 387 g/mol. The molecule has 0 unspecified atom stereocenters. The van der Waals surface area contributed by atoms with Crippen molar-refractivity contribution in [2.24, 2.45) is 4.99 Å². The highest BCUT2D eigenvalue weighted by Crippen LogP contribution is 2.22. The molecule has 1 heterocycles. The number of nitrogens with zero attached hydrogens (tertiary/aromatic N) is 2. The molecule has 138 valence electrons. The van der Waals surface area contributed by atoms with E-state index in [1.54, 1.807) is 23.0 Å². The molecule has 5 heteroatoms. The smallest absolute Gasteiger partial charge is 0.280 e. The molecular weight excluding hydrogens is 370 g/mol. The van der Waals surface area contributed by atoms with Gasteiger partial charge in [0.2, 0.25) is 0 Å². The number of aliphatic imine (C=N–C) groups is 1. The maximum Gasteiger partial charge on any atom is 0.280 e. The number of nitrogens with one attached hydrogen (secondary N) is 1. The zero-order valence-corrected chi connectivity index (χ0v) is 16.0. The van der Waals surface area contributed by atoms with E-state index >= 15 is 0 Å². The molecule has 4 nitrogen and oxygen atoms in total. The van der Waals surface area contributed by atoms with Gasteiger partial charge in [0.15, 0.2) is 0 Å². The average Bonchev–Trinajstić information content (AvgIpc) is 3.05. The number of H-pyrrole nitrogens is 1. The molecule has 1 aromatic heterocycles. The third-order valence-corrected chi connectivity index (χ3v) is 4.77. The number of hydrogen-bond acceptors (Lipinski definition) is 2. The summed E-state index contributed by atoms with van der Waals surface area (Å²) in [5, 5.41) is 3.91. The molecule has 0 bridgehead atoms. The summed E-state index contributed by atoms with van der Waals surface area (Å²) in [6, 6.07) is 24.7. The van der Waals surface area contributed by atoms with Crippen LogP contribution in [0.4, 0.5) is 5.69 Å². The number of rotatable bonds is 4. The lowest BCUT2D eigenvalue weighted by molar-refractivity contribution is 0.845. The fourth-order valence-electron chi connectivity index (χ4n) is 3.05. The maximum absolute atomic E-state index is 13.2. The molecule has 3 aromatic carbocycles. The van der Waals surface area contributed by atoms with Crippen LogP contribution in [0, 0.1) is 6.92 Å². The Balaban J connectivity index is 1.87. The Hall–Kier alpha value is -3.37. The molecule has 0 aliphatic heterocycles. The summed E-state index contributed by atoms with van der Waals surface area (Å²) >= 11 is 5.94. The first-order chi connectivity index (χ1) is 13.6. The second-order valence-electron chi connectivity index (χ2n) is 6.43. The normalized spacial score (nSPS) is 11.2. The number of benzene rings is 3. The largest absolute Gasteiger partial charge is 0.290 e. The Morgan fingerprint density at radius 1 is 0.929 bits per heavy atom. The van der Waals surface area contributed by atoms with Gasteiger partial charge in [-0.25, -0.2) is 4.68 Å². The minimum Gasteiger partial charge on any atom is -0.290 e. The van der Waals surface area contributed by atoms with Crippen LogP contribution in [0.3, 0.4) is 0 Å². The molecule has 1 N–H and O–H groups in total. The van der Waals surface area contributed by atoms with Gasteiger partial charge in [-0.2, -0.15) is 0 Å². The van der Waals surface area contributed by atoms with E-state index in [0.29, 0.717) is 10.6 Å². The summed E-state index contributed by atoms with van der Waals surface area (Å²) in [5.74, 6) is 0. The van der Waals surface area contributed by atoms with Gasteiger partial charge in [-0.05, 0) is 42.8 Å². The fraction of sp³-hybridized carbons (Fsp3) is 0.0435. The summed E-state index contributed by atoms with van der Waals surface area (Å²) in [4.78, 5) is 17.7. The highest BCUT2D eigenvalue weighted by Gasteiger charge is 2.16. The molecule has 0 atom stereocenters. The Morgan fingerprint density at radius 3 is 2.32 bits per heavy atom. The average molecular weight is 388 g/mol. The van der Waals surface area contributed by atoms with Crippen LogP contribution in [0.15, 0.2) is 88.6 Å². The van der Waals surface area contributed by atoms with Gasteiger partial charge < -0.3 is 0 Å². The first-order valence-electron chi connectivity index (χ1n) is 8.89. The molecular formula is C23H18ClN3O. The Morgan fingerprint density at radius 2 is 1.61 bits per heavy atom. The van der Waals surface area contributed by atoms with Gasteiger partial charge in [0.1, 0.15) is 0 Å². The first kappa shape index (κ1) is 18.0. The predicted octanol–water partition coefficient (Wildman–Crippen LogP) is 5.55. The van der Waals surface area contributed by atoms with Crippen molar-refractivity contribution in [3.63, 3.8) is 0 Å². The topological polar surface area (TPSA) is 50.1 Å². The van der Waals surface area contributed by atoms with E-state index in [1.807, 2.05) is 73.7 Å². The third kappa shape index (κ3) is 3.55. The third-order valence-electron chi connectivity index (χ3n) is 4.51. The van der Waals surface area contributed by atoms with Gasteiger partial charge >= 0.3 is 0 Å². The summed E-state index contributed by atoms with van der Waals surface area (Å²) in [5.41, 5.74) is 4.56. The molecule has 4 rings (SSSR count). The van der Waals surface area contributed by atoms with E-state index in [1.165, 1.54) is 0 Å². The molecule has 0 saturated carbocycles. The van der Waals surface area contributed by atoms with Crippen molar-refractivity contribution >= 4 is 23.5 Å². The maximum atomic E-state index is 13.2. The van der Waals surface area contributed by atoms with E-state index in [2.05, 4.69) is 10.1 Å². The Kier molecular flexibility index (Phi) is 4.96. The van der Waals surface area contributed by atoms with Crippen LogP contribution in [-0.2, 0) is 0 Å². The lowest BCUT2D eigenvalue weighted by atomic mass is 10.1. The van der Waals surface area contributed by atoms with Crippen LogP contribution >= 0.6 is 11.6 Å². The minimum atomic E-state index is -0.147. The molecule has 28 heavy (non-hydrogen) atoms. The Labute approximate surface area is 167 Å². The molecule has 0 aliphatic rings. The van der Waals surface area contributed by atoms with Crippen molar-refractivity contribution in [2.75, 3.05) is 0 Å². The van der Waals surface area contributed by atoms with Gasteiger partial charge in [-0.3, -0.25) is 14.9 Å². The van der Waals surface area contributed by atoms with Crippen LogP contribution in [0.1, 0.15) is 11.1 Å². The number of hydrogen-bond donors (Lipinski definition) is 1. The van der Waals surface area contributed by atoms with Crippen molar-refractivity contribution in [1.82, 2.24) is 9.78 Å². The van der Waals surface area contributed by atoms with E-state index < -0.39 is 0 Å². The van der Waals surface area contributed by atoms with Crippen LogP contribution < -0.4 is 5.56 Å². The van der Waals surface area contributed by atoms with Crippen LogP contribution in [0.25, 0.3) is 16.9 Å². The number of aromatic nitrogens is 2. The lowest BCUT2D eigenvalue weighted by Gasteiger charge is -2.05. The predicted molar refractivity (Wildman–Crippen MR) is 115 cm³/mol. The molecule has 0 fully saturated rings. The molecule has 0 amide bonds. The van der Waals surface area contributed by atoms with Crippen LogP contribution in [0.5, 0.6) is 0 Å². The Bertz CT molecular complexity index is 1190. The van der Waals surface area contributed by atoms with E-state index in [9.17, 15) is 4.79 Å². The number of aryl methyl sites for hydroxylation is 1. The van der Waals surface area contributed by atoms with Gasteiger partial charge in [0, 0.05) is 16.8 Å². The zero-order chi connectivity index (χ0) is 19.5. The summed E-state index contributed by atoms with van der Waals surface area (Å²) in [7, 11) is 0. The van der Waals surface area contributed by atoms with Gasteiger partial charge in [-0.1, -0.05) is 60.1 Å². The van der Waals surface area contributed by atoms with Crippen LogP contribution in [-0.4, -0.2) is 16.0 Å². The lowest BCUT2D eigenvalue weighted by Crippen LogP contribution is -2.18. The molecule has 0 radical (unpaired) electrons. The zero-order valence-electron chi connectivity index (χ0n) is 15.3. The highest BCUT2D eigenvalue weighted by atomic mass is 35.5. The second kappa shape index (κ2) is 7.71. The number of halogens is 1. The SMILES string of the molecule is Cc1ccccc1-n1[nH]c(-c2ccccc2)c(C=Nc2ccc(Cl)cc2)c1=O. The van der Waals surface area contributed by atoms with Crippen molar-refractivity contribution in [1.29, 1.82) is 0 Å². The first-order valence-corrected chi connectivity index (χ1v) is 9.27. The van der Waals surface area contributed by atoms with Gasteiger partial charge in [-0.15, -0.1) is 0 Å². The van der Waals surface area contributed by atoms with Gasteiger partial charge in [0.25, 0.3) is 5.56 Å². The highest BCUT2D eigenvalue weighted by molar-refractivity contribution is 6.30. The molecule has 4 aromatic rings. The van der Waals surface area contributed by atoms with Crippen molar-refractivity contribution < 1.29 is 0 Å². The fourth-order valence-corrected chi connectivity index (χ4v) is 3.17. The van der Waals surface area contributed by atoms with E-state index in [4.69, 9.17) is 11.6 Å². The van der Waals surface area contributed by atoms with Crippen molar-refractivity contribution in [3.8, 4) is 16.9 Å². The minimum absolute atomic E-state index is 0.147. The standard InChI is InChI=1S/C23H18ClN3O/c1-16-7-5-6-10-21(16)27-23(28)20(15-25-19-13-11-18(24)12-14-19)22(26-27)17-8-3-2-4-9-17/h2-15,26H,1H3. The molecule has 0 saturated heterocycles. The second-order valence-corrected chi connectivity index (χ2v) is 6.86. The van der Waals surface area contributed by atoms with E-state index in [0.717, 1.165) is 28.2 Å². The van der Waals surface area contributed by atoms with Gasteiger partial charge in [0.05, 0.1) is 22.6 Å². The summed E-state index contributed by atoms with van der Waals surface area (Å²) < 4.78 is 1.57. The molecule has 0 aliphatic carbocycles. The van der Waals surface area contributed by atoms with Crippen LogP contribution in [0.2, 0.25) is 5.02 Å². The van der Waals surface area contributed by atoms with Crippen molar-refractivity contribution in [3.05, 3.63) is 105 Å². The van der Waals surface area contributed by atoms with E-state index in [-0.39, 0.29) is 5.56 Å². The quantitative estimate of drug-likeness (QED) is 0.459. The summed E-state index contributed by atoms with van der Waals surface area (Å²) in [6.45, 7) is 1.98. The van der Waals surface area contributed by atoms with Crippen molar-refractivity contribution in [2.45, 2.75) is 6.92 Å². The number of para-hydroxylation sites is 1. The number of aromatic amines is 1.